The normalized spacial score (nSPS) is 32.3. The summed E-state index contributed by atoms with van der Waals surface area (Å²) in [7, 11) is -3.07. The van der Waals surface area contributed by atoms with E-state index in [2.05, 4.69) is 5.32 Å². The van der Waals surface area contributed by atoms with Gasteiger partial charge in [-0.15, -0.1) is 11.6 Å². The van der Waals surface area contributed by atoms with Gasteiger partial charge in [-0.2, -0.15) is 11.8 Å². The van der Waals surface area contributed by atoms with E-state index < -0.39 is 21.3 Å². The van der Waals surface area contributed by atoms with Crippen molar-refractivity contribution >= 4 is 39.1 Å². The van der Waals surface area contributed by atoms with Crippen LogP contribution < -0.4 is 5.32 Å². The molecule has 0 aliphatic carbocycles. The minimum atomic E-state index is -3.07. The van der Waals surface area contributed by atoms with Gasteiger partial charge in [0.25, 0.3) is 0 Å². The van der Waals surface area contributed by atoms with Gasteiger partial charge in [-0.1, -0.05) is 0 Å². The molecular formula is C11H18ClNO3S2. The smallest absolute Gasteiger partial charge is 0.220 e. The van der Waals surface area contributed by atoms with E-state index in [0.717, 1.165) is 24.3 Å². The van der Waals surface area contributed by atoms with Gasteiger partial charge in [0.05, 0.1) is 22.9 Å². The highest BCUT2D eigenvalue weighted by Crippen LogP contribution is 2.25. The van der Waals surface area contributed by atoms with Gasteiger partial charge in [0.2, 0.25) is 5.91 Å². The van der Waals surface area contributed by atoms with Crippen molar-refractivity contribution in [3.05, 3.63) is 0 Å². The molecule has 4 nitrogen and oxygen atoms in total. The highest BCUT2D eigenvalue weighted by Gasteiger charge is 2.37. The number of rotatable bonds is 3. The predicted octanol–water partition coefficient (Wildman–Crippen LogP) is 1.04. The molecule has 0 radical (unpaired) electrons. The van der Waals surface area contributed by atoms with E-state index in [1.54, 1.807) is 0 Å². The molecule has 0 aromatic carbocycles. The molecule has 0 bridgehead atoms. The van der Waals surface area contributed by atoms with Crippen molar-refractivity contribution in [3.63, 3.8) is 0 Å². The molecule has 2 unspecified atom stereocenters. The van der Waals surface area contributed by atoms with Crippen LogP contribution in [0.1, 0.15) is 19.3 Å². The van der Waals surface area contributed by atoms with Crippen LogP contribution in [0.2, 0.25) is 0 Å². The minimum absolute atomic E-state index is 0.0204. The third kappa shape index (κ3) is 4.03. The van der Waals surface area contributed by atoms with E-state index in [4.69, 9.17) is 11.6 Å². The number of carbonyl (C=O) groups excluding carboxylic acids is 1. The van der Waals surface area contributed by atoms with Crippen LogP contribution in [0.3, 0.4) is 0 Å². The van der Waals surface area contributed by atoms with E-state index in [1.165, 1.54) is 0 Å². The summed E-state index contributed by atoms with van der Waals surface area (Å²) in [5.74, 6) is 2.58. The minimum Gasteiger partial charge on any atom is -0.351 e. The molecule has 2 rings (SSSR count). The molecule has 1 N–H and O–H groups in total. The zero-order chi connectivity index (χ0) is 13.2. The monoisotopic (exact) mass is 311 g/mol. The van der Waals surface area contributed by atoms with Gasteiger partial charge in [-0.05, 0) is 30.3 Å². The first kappa shape index (κ1) is 14.5. The summed E-state index contributed by atoms with van der Waals surface area (Å²) in [4.78, 5) is 11.9. The molecule has 2 fully saturated rings. The van der Waals surface area contributed by atoms with E-state index in [0.29, 0.717) is 12.3 Å². The molecule has 2 atom stereocenters. The number of sulfone groups is 1. The Morgan fingerprint density at radius 2 is 1.94 bits per heavy atom. The fourth-order valence-electron chi connectivity index (χ4n) is 2.42. The lowest BCUT2D eigenvalue weighted by molar-refractivity contribution is -0.122. The van der Waals surface area contributed by atoms with Crippen LogP contribution in [0.5, 0.6) is 0 Å². The molecule has 2 heterocycles. The first-order valence-corrected chi connectivity index (χ1v) is 9.59. The third-order valence-electron chi connectivity index (χ3n) is 3.44. The topological polar surface area (TPSA) is 63.2 Å². The maximum Gasteiger partial charge on any atom is 0.220 e. The summed E-state index contributed by atoms with van der Waals surface area (Å²) >= 11 is 7.88. The van der Waals surface area contributed by atoms with Crippen LogP contribution in [-0.2, 0) is 14.6 Å². The molecule has 2 aliphatic heterocycles. The van der Waals surface area contributed by atoms with Gasteiger partial charge in [-0.3, -0.25) is 4.79 Å². The molecule has 0 saturated carbocycles. The van der Waals surface area contributed by atoms with Gasteiger partial charge in [0, 0.05) is 6.42 Å². The van der Waals surface area contributed by atoms with E-state index in [9.17, 15) is 13.2 Å². The lowest BCUT2D eigenvalue weighted by Crippen LogP contribution is -2.41. The Kier molecular flexibility index (Phi) is 4.83. The van der Waals surface area contributed by atoms with Crippen LogP contribution in [0.25, 0.3) is 0 Å². The van der Waals surface area contributed by atoms with Crippen molar-refractivity contribution in [2.75, 3.05) is 23.0 Å². The average molecular weight is 312 g/mol. The van der Waals surface area contributed by atoms with Crippen molar-refractivity contribution in [3.8, 4) is 0 Å². The number of carbonyl (C=O) groups is 1. The van der Waals surface area contributed by atoms with Gasteiger partial charge in [0.1, 0.15) is 0 Å². The van der Waals surface area contributed by atoms with Crippen LogP contribution in [0, 0.1) is 5.92 Å². The zero-order valence-electron chi connectivity index (χ0n) is 10.1. The molecule has 7 heteroatoms. The summed E-state index contributed by atoms with van der Waals surface area (Å²) in [5.41, 5.74) is 0. The first-order valence-electron chi connectivity index (χ1n) is 6.18. The number of amides is 1. The largest absolute Gasteiger partial charge is 0.351 e. The fraction of sp³-hybridized carbons (Fsp3) is 0.909. The number of alkyl halides is 1. The highest BCUT2D eigenvalue weighted by molar-refractivity contribution is 7.99. The molecular weight excluding hydrogens is 294 g/mol. The molecule has 2 aliphatic rings. The number of thioether (sulfide) groups is 1. The maximum absolute atomic E-state index is 11.9. The number of nitrogens with one attached hydrogen (secondary N) is 1. The van der Waals surface area contributed by atoms with Gasteiger partial charge in [0.15, 0.2) is 9.84 Å². The average Bonchev–Trinajstić information content (AvgIpc) is 2.53. The van der Waals surface area contributed by atoms with Crippen molar-refractivity contribution in [1.82, 2.24) is 5.32 Å². The third-order valence-corrected chi connectivity index (χ3v) is 6.87. The van der Waals surface area contributed by atoms with Crippen LogP contribution in [-0.4, -0.2) is 48.8 Å². The summed E-state index contributed by atoms with van der Waals surface area (Å²) in [6.07, 6.45) is 2.65. The van der Waals surface area contributed by atoms with Gasteiger partial charge in [-0.25, -0.2) is 8.42 Å². The molecule has 2 saturated heterocycles. The Bertz CT molecular complexity index is 407. The van der Waals surface area contributed by atoms with Crippen molar-refractivity contribution < 1.29 is 13.2 Å². The number of hydrogen-bond acceptors (Lipinski definition) is 4. The molecule has 1 amide bonds. The first-order chi connectivity index (χ1) is 8.46. The Balaban J connectivity index is 1.80. The molecule has 0 spiro atoms. The van der Waals surface area contributed by atoms with Crippen LogP contribution in [0.15, 0.2) is 0 Å². The predicted molar refractivity (Wildman–Crippen MR) is 74.9 cm³/mol. The molecule has 104 valence electrons. The molecule has 18 heavy (non-hydrogen) atoms. The Labute approximate surface area is 117 Å². The number of hydrogen-bond donors (Lipinski definition) is 1. The summed E-state index contributed by atoms with van der Waals surface area (Å²) in [6.45, 7) is 0. The second-order valence-corrected chi connectivity index (χ2v) is 8.97. The summed E-state index contributed by atoms with van der Waals surface area (Å²) in [6, 6.07) is -0.415. The van der Waals surface area contributed by atoms with Crippen molar-refractivity contribution in [2.24, 2.45) is 5.92 Å². The Morgan fingerprint density at radius 1 is 1.28 bits per heavy atom. The maximum atomic E-state index is 11.9. The van der Waals surface area contributed by atoms with E-state index in [1.807, 2.05) is 11.8 Å². The van der Waals surface area contributed by atoms with Crippen molar-refractivity contribution in [1.29, 1.82) is 0 Å². The standard InChI is InChI=1S/C11H18ClNO3S2/c12-9-6-18(15,16)7-10(9)13-11(14)5-8-1-3-17-4-2-8/h8-10H,1-7H2,(H,13,14). The highest BCUT2D eigenvalue weighted by atomic mass is 35.5. The second kappa shape index (κ2) is 6.01. The van der Waals surface area contributed by atoms with Gasteiger partial charge >= 0.3 is 0 Å². The summed E-state index contributed by atoms with van der Waals surface area (Å²) < 4.78 is 22.8. The Hall–Kier alpha value is 0.0600. The van der Waals surface area contributed by atoms with Crippen LogP contribution in [0.4, 0.5) is 0 Å². The second-order valence-electron chi connectivity index (χ2n) is 5.03. The fourth-order valence-corrected chi connectivity index (χ4v) is 6.17. The number of halogens is 1. The Morgan fingerprint density at radius 3 is 2.50 bits per heavy atom. The van der Waals surface area contributed by atoms with Crippen LogP contribution >= 0.6 is 23.4 Å². The lowest BCUT2D eigenvalue weighted by Gasteiger charge is -2.22. The van der Waals surface area contributed by atoms with E-state index >= 15 is 0 Å². The summed E-state index contributed by atoms with van der Waals surface area (Å²) in [5, 5.41) is 2.29. The SMILES string of the molecule is O=C(CC1CCSCC1)NC1CS(=O)(=O)CC1Cl. The van der Waals surface area contributed by atoms with Crippen molar-refractivity contribution in [2.45, 2.75) is 30.7 Å². The quantitative estimate of drug-likeness (QED) is 0.791. The van der Waals surface area contributed by atoms with E-state index in [-0.39, 0.29) is 17.4 Å². The molecule has 0 aromatic rings. The zero-order valence-corrected chi connectivity index (χ0v) is 12.5. The molecule has 0 aromatic heterocycles. The lowest BCUT2D eigenvalue weighted by atomic mass is 9.98. The van der Waals surface area contributed by atoms with Gasteiger partial charge < -0.3 is 5.32 Å².